The van der Waals surface area contributed by atoms with E-state index in [2.05, 4.69) is 4.74 Å². The molecule has 0 aliphatic carbocycles. The number of carbonyl (C=O) groups excluding carboxylic acids is 2. The number of nitrogens with zero attached hydrogens (tertiary/aromatic N) is 1. The highest BCUT2D eigenvalue weighted by atomic mass is 16.5. The van der Waals surface area contributed by atoms with Gasteiger partial charge in [0.15, 0.2) is 5.57 Å². The smallest absolute Gasteiger partial charge is 0.381 e. The minimum atomic E-state index is -1.13. The summed E-state index contributed by atoms with van der Waals surface area (Å²) in [6.07, 6.45) is 0. The molecule has 0 unspecified atom stereocenters. The molecule has 5 heteroatoms. The first-order chi connectivity index (χ1) is 5.67. The van der Waals surface area contributed by atoms with Crippen molar-refractivity contribution in [2.75, 3.05) is 6.61 Å². The van der Waals surface area contributed by atoms with Gasteiger partial charge in [0.2, 0.25) is 0 Å². The quantitative estimate of drug-likeness (QED) is 0.207. The summed E-state index contributed by atoms with van der Waals surface area (Å²) in [6, 6.07) is 1.36. The van der Waals surface area contributed by atoms with Crippen LogP contribution >= 0.6 is 0 Å². The van der Waals surface area contributed by atoms with Crippen LogP contribution in [0.15, 0.2) is 5.57 Å². The molecule has 0 bridgehead atoms. The van der Waals surface area contributed by atoms with Crippen molar-refractivity contribution >= 4 is 17.6 Å². The monoisotopic (exact) mass is 166 g/mol. The lowest BCUT2D eigenvalue weighted by Crippen LogP contribution is -2.18. The predicted octanol–water partition coefficient (Wildman–Crippen LogP) is -0.183. The largest absolute Gasteiger partial charge is 0.460 e. The molecule has 0 aliphatic heterocycles. The zero-order valence-electron chi connectivity index (χ0n) is 6.38. The van der Waals surface area contributed by atoms with Crippen LogP contribution in [0.1, 0.15) is 6.92 Å². The van der Waals surface area contributed by atoms with Crippen LogP contribution in [0.25, 0.3) is 0 Å². The van der Waals surface area contributed by atoms with Crippen molar-refractivity contribution < 1.29 is 14.3 Å². The maximum Gasteiger partial charge on any atom is 0.381 e. The third-order valence-corrected chi connectivity index (χ3v) is 0.925. The number of rotatable bonds is 3. The molecule has 0 radical (unpaired) electrons. The van der Waals surface area contributed by atoms with Gasteiger partial charge in [0.25, 0.3) is 5.78 Å². The number of hydrogen-bond acceptors (Lipinski definition) is 5. The molecule has 0 aromatic carbocycles. The summed E-state index contributed by atoms with van der Waals surface area (Å²) in [6.45, 7) is 1.59. The van der Waals surface area contributed by atoms with Crippen LogP contribution in [0, 0.1) is 16.7 Å². The van der Waals surface area contributed by atoms with Crippen LogP contribution < -0.4 is 0 Å². The highest BCUT2D eigenvalue weighted by Gasteiger charge is 2.19. The highest BCUT2D eigenvalue weighted by Crippen LogP contribution is 1.91. The van der Waals surface area contributed by atoms with Crippen LogP contribution in [0.4, 0.5) is 0 Å². The molecule has 0 spiro atoms. The minimum Gasteiger partial charge on any atom is -0.460 e. The van der Waals surface area contributed by atoms with E-state index in [0.717, 1.165) is 0 Å². The highest BCUT2D eigenvalue weighted by molar-refractivity contribution is 6.43. The second-order valence-electron chi connectivity index (χ2n) is 1.66. The summed E-state index contributed by atoms with van der Waals surface area (Å²) >= 11 is 0. The number of nitrogens with one attached hydrogen (secondary N) is 1. The number of ether oxygens (including phenoxy) is 1. The molecule has 0 saturated heterocycles. The van der Waals surface area contributed by atoms with E-state index in [0.29, 0.717) is 0 Å². The van der Waals surface area contributed by atoms with Crippen LogP contribution in [-0.2, 0) is 14.3 Å². The van der Waals surface area contributed by atoms with E-state index in [1.165, 1.54) is 13.0 Å². The average Bonchev–Trinajstić information content (AvgIpc) is 2.07. The van der Waals surface area contributed by atoms with Gasteiger partial charge < -0.3 is 4.74 Å². The first-order valence-electron chi connectivity index (χ1n) is 3.08. The molecular weight excluding hydrogens is 160 g/mol. The number of esters is 1. The lowest BCUT2D eigenvalue weighted by molar-refractivity contribution is -0.151. The van der Waals surface area contributed by atoms with E-state index in [1.807, 2.05) is 0 Å². The lowest BCUT2D eigenvalue weighted by atomic mass is 10.2. The molecule has 0 fully saturated rings. The Hall–Kier alpha value is -1.92. The number of ketones is 1. The predicted molar refractivity (Wildman–Crippen MR) is 38.5 cm³/mol. The molecule has 62 valence electrons. The van der Waals surface area contributed by atoms with E-state index in [9.17, 15) is 9.59 Å². The molecule has 0 aliphatic rings. The third kappa shape index (κ3) is 2.37. The Morgan fingerprint density at radius 2 is 2.17 bits per heavy atom. The standard InChI is InChI=1S/C7H6N2O3/c1-2-12-7(11)6(10)5(3-8)4-9/h8H,2H2,1H3. The minimum absolute atomic E-state index is 0.0568. The fourth-order valence-electron chi connectivity index (χ4n) is 0.434. The molecular formula is C7H6N2O3. The van der Waals surface area contributed by atoms with E-state index < -0.39 is 17.3 Å². The van der Waals surface area contributed by atoms with Gasteiger partial charge in [-0.1, -0.05) is 0 Å². The van der Waals surface area contributed by atoms with Crippen molar-refractivity contribution in [2.24, 2.45) is 0 Å². The Labute approximate surface area is 68.8 Å². The van der Waals surface area contributed by atoms with E-state index >= 15 is 0 Å². The molecule has 1 N–H and O–H groups in total. The van der Waals surface area contributed by atoms with Gasteiger partial charge in [0.05, 0.1) is 6.61 Å². The van der Waals surface area contributed by atoms with Crippen LogP contribution in [0.5, 0.6) is 0 Å². The van der Waals surface area contributed by atoms with E-state index in [-0.39, 0.29) is 6.61 Å². The summed E-state index contributed by atoms with van der Waals surface area (Å²) in [7, 11) is 0. The van der Waals surface area contributed by atoms with Gasteiger partial charge in [-0.25, -0.2) is 4.79 Å². The fourth-order valence-corrected chi connectivity index (χ4v) is 0.434. The lowest BCUT2D eigenvalue weighted by Gasteiger charge is -1.95. The molecule has 0 amide bonds. The zero-order valence-corrected chi connectivity index (χ0v) is 6.38. The van der Waals surface area contributed by atoms with Gasteiger partial charge in [-0.2, -0.15) is 5.26 Å². The average molecular weight is 166 g/mol. The topological polar surface area (TPSA) is 91.0 Å². The number of Topliss-reactive ketones (excluding diaryl/α,β-unsaturated/α-hetero) is 1. The van der Waals surface area contributed by atoms with Crippen molar-refractivity contribution in [1.82, 2.24) is 0 Å². The third-order valence-electron chi connectivity index (χ3n) is 0.925. The molecule has 0 aromatic heterocycles. The summed E-state index contributed by atoms with van der Waals surface area (Å²) in [5.41, 5.74) is -0.645. The van der Waals surface area contributed by atoms with Crippen molar-refractivity contribution in [3.63, 3.8) is 0 Å². The van der Waals surface area contributed by atoms with Crippen LogP contribution in [-0.4, -0.2) is 24.2 Å². The Morgan fingerprint density at radius 1 is 1.58 bits per heavy atom. The second-order valence-corrected chi connectivity index (χ2v) is 1.66. The first kappa shape index (κ1) is 10.1. The van der Waals surface area contributed by atoms with Gasteiger partial charge in [-0.3, -0.25) is 10.2 Å². The molecule has 0 rings (SSSR count). The zero-order chi connectivity index (χ0) is 9.56. The number of nitriles is 1. The Balaban J connectivity index is 4.52. The first-order valence-corrected chi connectivity index (χ1v) is 3.08. The van der Waals surface area contributed by atoms with Gasteiger partial charge in [-0.15, -0.1) is 0 Å². The van der Waals surface area contributed by atoms with Gasteiger partial charge >= 0.3 is 5.97 Å². The van der Waals surface area contributed by atoms with Crippen molar-refractivity contribution in [3.8, 4) is 6.07 Å². The number of carbonyl (C=O) groups is 2. The Bertz CT molecular complexity index is 294. The SMILES string of the molecule is CCOC(=O)C(=O)C(=C=N)C#N. The van der Waals surface area contributed by atoms with Crippen molar-refractivity contribution in [2.45, 2.75) is 6.92 Å². The number of hydrogen-bond donors (Lipinski definition) is 1. The molecule has 12 heavy (non-hydrogen) atoms. The van der Waals surface area contributed by atoms with Gasteiger partial charge in [-0.05, 0) is 6.92 Å². The molecule has 5 nitrogen and oxygen atoms in total. The summed E-state index contributed by atoms with van der Waals surface area (Å²) in [5.74, 6) is -0.715. The Morgan fingerprint density at radius 3 is 2.50 bits per heavy atom. The maximum absolute atomic E-state index is 10.8. The molecule has 0 atom stereocenters. The maximum atomic E-state index is 10.8. The normalized spacial score (nSPS) is 7.67. The van der Waals surface area contributed by atoms with Crippen LogP contribution in [0.3, 0.4) is 0 Å². The fraction of sp³-hybridized carbons (Fsp3) is 0.286. The molecule has 0 aromatic rings. The van der Waals surface area contributed by atoms with Crippen molar-refractivity contribution in [1.29, 1.82) is 10.7 Å². The van der Waals surface area contributed by atoms with Gasteiger partial charge in [0, 0.05) is 5.87 Å². The van der Waals surface area contributed by atoms with E-state index in [4.69, 9.17) is 10.7 Å². The van der Waals surface area contributed by atoms with Gasteiger partial charge in [0.1, 0.15) is 6.07 Å². The summed E-state index contributed by atoms with van der Waals surface area (Å²) < 4.78 is 4.30. The second kappa shape index (κ2) is 4.83. The molecule has 0 saturated carbocycles. The van der Waals surface area contributed by atoms with E-state index in [1.54, 1.807) is 5.87 Å². The Kier molecular flexibility index (Phi) is 4.06. The molecule has 0 heterocycles. The summed E-state index contributed by atoms with van der Waals surface area (Å²) in [4.78, 5) is 21.4. The van der Waals surface area contributed by atoms with Crippen molar-refractivity contribution in [3.05, 3.63) is 5.57 Å². The summed E-state index contributed by atoms with van der Waals surface area (Å²) in [5, 5.41) is 14.7. The van der Waals surface area contributed by atoms with Crippen LogP contribution in [0.2, 0.25) is 0 Å².